The first kappa shape index (κ1) is 11.4. The molecule has 1 heterocycles. The molecule has 3 nitrogen and oxygen atoms in total. The number of carbonyl (C=O) groups excluding carboxylic acids is 1. The largest absolute Gasteiger partial charge is 0.280 e. The van der Waals surface area contributed by atoms with Crippen LogP contribution < -0.4 is 0 Å². The number of benzene rings is 1. The lowest BCUT2D eigenvalue weighted by atomic mass is 10.2. The van der Waals surface area contributed by atoms with Crippen LogP contribution in [0.15, 0.2) is 4.90 Å². The second-order valence-corrected chi connectivity index (χ2v) is 6.46. The molecule has 0 bridgehead atoms. The number of hydrogen-bond acceptors (Lipinski definition) is 4. The molecule has 0 atom stereocenters. The molecule has 9 heteroatoms. The highest BCUT2D eigenvalue weighted by Gasteiger charge is 2.43. The van der Waals surface area contributed by atoms with Crippen LogP contribution >= 0.6 is 10.8 Å². The van der Waals surface area contributed by atoms with Crippen molar-refractivity contribution in [2.45, 2.75) is 4.90 Å². The minimum absolute atomic E-state index is 0.383. The van der Waals surface area contributed by atoms with Gasteiger partial charge < -0.3 is 0 Å². The molecule has 16 heavy (non-hydrogen) atoms. The van der Waals surface area contributed by atoms with E-state index in [9.17, 15) is 30.8 Å². The summed E-state index contributed by atoms with van der Waals surface area (Å²) < 4.78 is 73.9. The SMILES string of the molecule is O=C1SS(=O)(=O)c2c(F)c(F)c(F)c(F)c21. The van der Waals surface area contributed by atoms with Gasteiger partial charge >= 0.3 is 0 Å². The molecule has 0 radical (unpaired) electrons. The van der Waals surface area contributed by atoms with E-state index >= 15 is 0 Å². The fraction of sp³-hybridized carbons (Fsp3) is 0. The fourth-order valence-electron chi connectivity index (χ4n) is 1.21. The molecule has 0 unspecified atom stereocenters. The first-order valence-electron chi connectivity index (χ1n) is 3.62. The summed E-state index contributed by atoms with van der Waals surface area (Å²) in [5.41, 5.74) is -1.28. The van der Waals surface area contributed by atoms with E-state index in [1.54, 1.807) is 0 Å². The summed E-state index contributed by atoms with van der Waals surface area (Å²) in [5.74, 6) is -8.53. The standard InChI is InChI=1S/C7F4O3S2/c8-2-1-6(5(11)4(10)3(2)9)16(13,14)15-7(1)12. The van der Waals surface area contributed by atoms with E-state index in [0.29, 0.717) is 0 Å². The maximum atomic E-state index is 13.1. The molecule has 0 amide bonds. The summed E-state index contributed by atoms with van der Waals surface area (Å²) in [6.07, 6.45) is 0. The Balaban J connectivity index is 3.03. The van der Waals surface area contributed by atoms with Gasteiger partial charge in [0, 0.05) is 0 Å². The summed E-state index contributed by atoms with van der Waals surface area (Å²) >= 11 is 0. The summed E-state index contributed by atoms with van der Waals surface area (Å²) in [6, 6.07) is 0. The lowest BCUT2D eigenvalue weighted by Gasteiger charge is -2.02. The highest BCUT2D eigenvalue weighted by Crippen LogP contribution is 2.42. The zero-order valence-corrected chi connectivity index (χ0v) is 8.69. The van der Waals surface area contributed by atoms with Gasteiger partial charge in [0.25, 0.3) is 0 Å². The van der Waals surface area contributed by atoms with Crippen LogP contribution in [-0.4, -0.2) is 13.5 Å². The molecule has 1 aromatic carbocycles. The maximum Gasteiger partial charge on any atom is 0.241 e. The number of carbonyl (C=O) groups is 1. The molecule has 1 aliphatic heterocycles. The third-order valence-electron chi connectivity index (χ3n) is 1.86. The molecule has 1 aliphatic rings. The molecule has 0 saturated carbocycles. The first-order chi connectivity index (χ1) is 7.27. The van der Waals surface area contributed by atoms with E-state index in [4.69, 9.17) is 0 Å². The van der Waals surface area contributed by atoms with Gasteiger partial charge in [0.15, 0.2) is 23.3 Å². The van der Waals surface area contributed by atoms with Crippen molar-refractivity contribution in [2.24, 2.45) is 0 Å². The first-order valence-corrected chi connectivity index (χ1v) is 6.43. The second kappa shape index (κ2) is 3.20. The van der Waals surface area contributed by atoms with Crippen LogP contribution in [0.2, 0.25) is 0 Å². The van der Waals surface area contributed by atoms with Crippen LogP contribution in [0, 0.1) is 23.3 Å². The molecule has 0 aliphatic carbocycles. The quantitative estimate of drug-likeness (QED) is 0.313. The number of halogens is 4. The van der Waals surface area contributed by atoms with Crippen LogP contribution in [0.3, 0.4) is 0 Å². The minimum atomic E-state index is -4.50. The topological polar surface area (TPSA) is 51.2 Å². The Labute approximate surface area is 89.8 Å². The zero-order chi connectivity index (χ0) is 12.2. The molecule has 86 valence electrons. The van der Waals surface area contributed by atoms with Crippen molar-refractivity contribution in [3.8, 4) is 0 Å². The van der Waals surface area contributed by atoms with Gasteiger partial charge in [-0.2, -0.15) is 0 Å². The van der Waals surface area contributed by atoms with Gasteiger partial charge in [0.05, 0.1) is 16.4 Å². The zero-order valence-electron chi connectivity index (χ0n) is 7.05. The average Bonchev–Trinajstić information content (AvgIpc) is 2.42. The van der Waals surface area contributed by atoms with Crippen molar-refractivity contribution >= 4 is 24.8 Å². The van der Waals surface area contributed by atoms with Crippen LogP contribution in [0.25, 0.3) is 0 Å². The Morgan fingerprint density at radius 1 is 0.875 bits per heavy atom. The molecular weight excluding hydrogens is 272 g/mol. The van der Waals surface area contributed by atoms with Crippen molar-refractivity contribution in [1.82, 2.24) is 0 Å². The number of rotatable bonds is 0. The highest BCUT2D eigenvalue weighted by atomic mass is 33.1. The Morgan fingerprint density at radius 3 is 1.94 bits per heavy atom. The Kier molecular flexibility index (Phi) is 2.28. The van der Waals surface area contributed by atoms with Gasteiger partial charge in [-0.05, 0) is 0 Å². The molecule has 1 aromatic rings. The van der Waals surface area contributed by atoms with Crippen LogP contribution in [0.5, 0.6) is 0 Å². The number of fused-ring (bicyclic) bond motifs is 1. The molecule has 0 fully saturated rings. The second-order valence-electron chi connectivity index (χ2n) is 2.78. The van der Waals surface area contributed by atoms with Crippen LogP contribution in [-0.2, 0) is 8.87 Å². The van der Waals surface area contributed by atoms with E-state index in [1.807, 2.05) is 0 Å². The van der Waals surface area contributed by atoms with Gasteiger partial charge in [0.2, 0.25) is 14.0 Å². The van der Waals surface area contributed by atoms with Gasteiger partial charge in [-0.3, -0.25) is 4.79 Å². The Bertz CT molecular complexity index is 623. The Morgan fingerprint density at radius 2 is 1.38 bits per heavy atom. The van der Waals surface area contributed by atoms with Gasteiger partial charge in [0.1, 0.15) is 4.90 Å². The van der Waals surface area contributed by atoms with E-state index in [2.05, 4.69) is 0 Å². The lowest BCUT2D eigenvalue weighted by Crippen LogP contribution is -2.07. The number of hydrogen-bond donors (Lipinski definition) is 0. The van der Waals surface area contributed by atoms with Gasteiger partial charge in [-0.1, -0.05) is 0 Å². The average molecular weight is 272 g/mol. The van der Waals surface area contributed by atoms with Gasteiger partial charge in [-0.25, -0.2) is 26.0 Å². The predicted octanol–water partition coefficient (Wildman–Crippen LogP) is 1.82. The van der Waals surface area contributed by atoms with Crippen LogP contribution in [0.1, 0.15) is 10.4 Å². The molecule has 0 N–H and O–H groups in total. The van der Waals surface area contributed by atoms with Gasteiger partial charge in [-0.15, -0.1) is 0 Å². The Hall–Kier alpha value is -1.09. The molecule has 0 saturated heterocycles. The smallest absolute Gasteiger partial charge is 0.241 e. The summed E-state index contributed by atoms with van der Waals surface area (Å²) in [6.45, 7) is 0. The summed E-state index contributed by atoms with van der Waals surface area (Å²) in [5, 5.41) is -1.37. The third-order valence-corrected chi connectivity index (χ3v) is 4.93. The molecule has 0 aromatic heterocycles. The predicted molar refractivity (Wildman–Crippen MR) is 45.4 cm³/mol. The van der Waals surface area contributed by atoms with Crippen LogP contribution in [0.4, 0.5) is 17.6 Å². The normalized spacial score (nSPS) is 17.6. The minimum Gasteiger partial charge on any atom is -0.280 e. The lowest BCUT2D eigenvalue weighted by molar-refractivity contribution is 0.108. The highest BCUT2D eigenvalue weighted by molar-refractivity contribution is 8.78. The molecular formula is C7F4O3S2. The molecule has 0 spiro atoms. The van der Waals surface area contributed by atoms with Crippen molar-refractivity contribution in [1.29, 1.82) is 0 Å². The summed E-state index contributed by atoms with van der Waals surface area (Å²) in [4.78, 5) is 9.57. The monoisotopic (exact) mass is 272 g/mol. The van der Waals surface area contributed by atoms with E-state index in [1.165, 1.54) is 0 Å². The fourth-order valence-corrected chi connectivity index (χ4v) is 4.14. The van der Waals surface area contributed by atoms with Crippen molar-refractivity contribution < 1.29 is 30.8 Å². The summed E-state index contributed by atoms with van der Waals surface area (Å²) in [7, 11) is -4.88. The van der Waals surface area contributed by atoms with E-state index in [0.717, 1.165) is 0 Å². The van der Waals surface area contributed by atoms with E-state index in [-0.39, 0.29) is 10.8 Å². The van der Waals surface area contributed by atoms with Crippen molar-refractivity contribution in [3.05, 3.63) is 28.8 Å². The van der Waals surface area contributed by atoms with E-state index < -0.39 is 47.7 Å². The van der Waals surface area contributed by atoms with Crippen molar-refractivity contribution in [3.63, 3.8) is 0 Å². The molecule has 2 rings (SSSR count). The third kappa shape index (κ3) is 1.27. The van der Waals surface area contributed by atoms with Crippen molar-refractivity contribution in [2.75, 3.05) is 0 Å². The maximum absolute atomic E-state index is 13.1.